The molecule has 1 atom stereocenters. The van der Waals surface area contributed by atoms with Gasteiger partial charge in [0.1, 0.15) is 5.82 Å². The molecular formula is C21H26FN3O3S. The topological polar surface area (TPSA) is 69.7 Å². The minimum absolute atomic E-state index is 0.0850. The van der Waals surface area contributed by atoms with Gasteiger partial charge in [-0.05, 0) is 49.7 Å². The molecule has 1 N–H and O–H groups in total. The third-order valence-corrected chi connectivity index (χ3v) is 6.96. The molecule has 0 unspecified atom stereocenters. The third kappa shape index (κ3) is 5.62. The van der Waals surface area contributed by atoms with Gasteiger partial charge in [-0.1, -0.05) is 30.3 Å². The van der Waals surface area contributed by atoms with Crippen molar-refractivity contribution in [1.29, 1.82) is 0 Å². The number of halogens is 1. The highest BCUT2D eigenvalue weighted by Crippen LogP contribution is 2.18. The fourth-order valence-corrected chi connectivity index (χ4v) is 4.89. The zero-order valence-corrected chi connectivity index (χ0v) is 17.2. The maximum absolute atomic E-state index is 13.1. The van der Waals surface area contributed by atoms with Gasteiger partial charge in [0.25, 0.3) is 0 Å². The molecule has 0 aliphatic carbocycles. The Morgan fingerprint density at radius 1 is 1.03 bits per heavy atom. The van der Waals surface area contributed by atoms with Gasteiger partial charge in [0, 0.05) is 19.6 Å². The minimum Gasteiger partial charge on any atom is -0.348 e. The summed E-state index contributed by atoms with van der Waals surface area (Å²) < 4.78 is 40.1. The molecule has 1 heterocycles. The van der Waals surface area contributed by atoms with Crippen LogP contribution in [-0.4, -0.2) is 56.3 Å². The molecule has 0 aromatic heterocycles. The Kier molecular flexibility index (Phi) is 7.00. The molecule has 2 aromatic rings. The molecule has 1 aliphatic rings. The van der Waals surface area contributed by atoms with E-state index in [-0.39, 0.29) is 23.4 Å². The summed E-state index contributed by atoms with van der Waals surface area (Å²) >= 11 is 0. The van der Waals surface area contributed by atoms with Gasteiger partial charge in [0.05, 0.1) is 17.5 Å². The molecule has 3 rings (SSSR count). The summed E-state index contributed by atoms with van der Waals surface area (Å²) in [5, 5.41) is 2.99. The average Bonchev–Trinajstić information content (AvgIpc) is 2.95. The lowest BCUT2D eigenvalue weighted by molar-refractivity contribution is -0.122. The second-order valence-electron chi connectivity index (χ2n) is 7.19. The molecule has 1 fully saturated rings. The monoisotopic (exact) mass is 419 g/mol. The number of nitrogens with zero attached hydrogens (tertiary/aromatic N) is 2. The molecular weight excluding hydrogens is 393 g/mol. The van der Waals surface area contributed by atoms with Gasteiger partial charge in [-0.2, -0.15) is 4.31 Å². The van der Waals surface area contributed by atoms with Crippen LogP contribution in [0.1, 0.15) is 24.9 Å². The van der Waals surface area contributed by atoms with Gasteiger partial charge >= 0.3 is 0 Å². The SMILES string of the molecule is C[C@@H](NC(=O)CN1CCCN(S(=O)(=O)c2ccc(F)cc2)CC1)c1ccccc1. The normalized spacial score (nSPS) is 17.4. The quantitative estimate of drug-likeness (QED) is 0.781. The van der Waals surface area contributed by atoms with E-state index in [1.165, 1.54) is 16.4 Å². The van der Waals surface area contributed by atoms with Gasteiger partial charge in [0.15, 0.2) is 0 Å². The molecule has 1 saturated heterocycles. The largest absolute Gasteiger partial charge is 0.348 e. The van der Waals surface area contributed by atoms with Crippen LogP contribution in [0.4, 0.5) is 4.39 Å². The number of amides is 1. The van der Waals surface area contributed by atoms with Crippen molar-refractivity contribution in [1.82, 2.24) is 14.5 Å². The first-order valence-electron chi connectivity index (χ1n) is 9.68. The van der Waals surface area contributed by atoms with Crippen LogP contribution in [0.25, 0.3) is 0 Å². The number of sulfonamides is 1. The molecule has 2 aromatic carbocycles. The fraction of sp³-hybridized carbons (Fsp3) is 0.381. The first-order valence-corrected chi connectivity index (χ1v) is 11.1. The van der Waals surface area contributed by atoms with Crippen molar-refractivity contribution >= 4 is 15.9 Å². The average molecular weight is 420 g/mol. The van der Waals surface area contributed by atoms with Crippen molar-refractivity contribution in [3.8, 4) is 0 Å². The second-order valence-corrected chi connectivity index (χ2v) is 9.13. The van der Waals surface area contributed by atoms with Crippen LogP contribution in [-0.2, 0) is 14.8 Å². The minimum atomic E-state index is -3.67. The summed E-state index contributed by atoms with van der Waals surface area (Å²) in [7, 11) is -3.67. The molecule has 0 saturated carbocycles. The Hall–Kier alpha value is -2.29. The van der Waals surface area contributed by atoms with E-state index >= 15 is 0 Å². The van der Waals surface area contributed by atoms with Crippen LogP contribution in [0.15, 0.2) is 59.5 Å². The first-order chi connectivity index (χ1) is 13.9. The van der Waals surface area contributed by atoms with Crippen molar-refractivity contribution in [3.05, 3.63) is 66.0 Å². The highest BCUT2D eigenvalue weighted by atomic mass is 32.2. The lowest BCUT2D eigenvalue weighted by Gasteiger charge is -2.22. The predicted octanol–water partition coefficient (Wildman–Crippen LogP) is 2.40. The molecule has 0 spiro atoms. The number of hydrogen-bond acceptors (Lipinski definition) is 4. The number of hydrogen-bond donors (Lipinski definition) is 1. The van der Waals surface area contributed by atoms with E-state index in [2.05, 4.69) is 5.32 Å². The van der Waals surface area contributed by atoms with Crippen LogP contribution in [0.5, 0.6) is 0 Å². The van der Waals surface area contributed by atoms with Crippen LogP contribution < -0.4 is 5.32 Å². The molecule has 8 heteroatoms. The second kappa shape index (κ2) is 9.47. The Labute approximate surface area is 171 Å². The summed E-state index contributed by atoms with van der Waals surface area (Å²) in [6.45, 7) is 3.93. The summed E-state index contributed by atoms with van der Waals surface area (Å²) in [6, 6.07) is 14.5. The summed E-state index contributed by atoms with van der Waals surface area (Å²) in [6.07, 6.45) is 0.627. The van der Waals surface area contributed by atoms with Crippen molar-refractivity contribution in [3.63, 3.8) is 0 Å². The molecule has 0 bridgehead atoms. The van der Waals surface area contributed by atoms with Crippen molar-refractivity contribution in [2.24, 2.45) is 0 Å². The molecule has 6 nitrogen and oxygen atoms in total. The first kappa shape index (κ1) is 21.4. The molecule has 156 valence electrons. The van der Waals surface area contributed by atoms with Crippen molar-refractivity contribution in [2.75, 3.05) is 32.7 Å². The van der Waals surface area contributed by atoms with E-state index in [0.29, 0.717) is 32.6 Å². The Morgan fingerprint density at radius 2 is 1.72 bits per heavy atom. The maximum Gasteiger partial charge on any atom is 0.243 e. The Morgan fingerprint density at radius 3 is 2.41 bits per heavy atom. The Balaban J connectivity index is 1.55. The number of carbonyl (C=O) groups excluding carboxylic acids is 1. The zero-order valence-electron chi connectivity index (χ0n) is 16.4. The van der Waals surface area contributed by atoms with Gasteiger partial charge in [-0.25, -0.2) is 12.8 Å². The number of benzene rings is 2. The maximum atomic E-state index is 13.1. The van der Waals surface area contributed by atoms with Gasteiger partial charge < -0.3 is 5.32 Å². The van der Waals surface area contributed by atoms with Crippen LogP contribution in [0, 0.1) is 5.82 Å². The van der Waals surface area contributed by atoms with Crippen LogP contribution >= 0.6 is 0 Å². The lowest BCUT2D eigenvalue weighted by Crippen LogP contribution is -2.40. The van der Waals surface area contributed by atoms with E-state index in [1.807, 2.05) is 42.2 Å². The van der Waals surface area contributed by atoms with Crippen molar-refractivity contribution < 1.29 is 17.6 Å². The standard InChI is InChI=1S/C21H26FN3O3S/c1-17(18-6-3-2-4-7-18)23-21(26)16-24-12-5-13-25(15-14-24)29(27,28)20-10-8-19(22)9-11-20/h2-4,6-11,17H,5,12-16H2,1H3,(H,23,26)/t17-/m1/s1. The predicted molar refractivity (Wildman–Crippen MR) is 109 cm³/mol. The van der Waals surface area contributed by atoms with E-state index in [4.69, 9.17) is 0 Å². The van der Waals surface area contributed by atoms with Crippen LogP contribution in [0.2, 0.25) is 0 Å². The van der Waals surface area contributed by atoms with E-state index in [0.717, 1.165) is 17.7 Å². The van der Waals surface area contributed by atoms with Gasteiger partial charge in [-0.15, -0.1) is 0 Å². The summed E-state index contributed by atoms with van der Waals surface area (Å²) in [4.78, 5) is 14.5. The fourth-order valence-electron chi connectivity index (χ4n) is 3.42. The van der Waals surface area contributed by atoms with E-state index in [9.17, 15) is 17.6 Å². The lowest BCUT2D eigenvalue weighted by atomic mass is 10.1. The molecule has 1 aliphatic heterocycles. The number of rotatable bonds is 6. The van der Waals surface area contributed by atoms with Crippen LogP contribution in [0.3, 0.4) is 0 Å². The zero-order chi connectivity index (χ0) is 20.9. The highest BCUT2D eigenvalue weighted by molar-refractivity contribution is 7.89. The van der Waals surface area contributed by atoms with Gasteiger partial charge in [0.2, 0.25) is 15.9 Å². The van der Waals surface area contributed by atoms with E-state index < -0.39 is 15.8 Å². The smallest absolute Gasteiger partial charge is 0.243 e. The Bertz CT molecular complexity index is 920. The molecule has 1 amide bonds. The summed E-state index contributed by atoms with van der Waals surface area (Å²) in [5.74, 6) is -0.557. The number of carbonyl (C=O) groups is 1. The number of nitrogens with one attached hydrogen (secondary N) is 1. The molecule has 0 radical (unpaired) electrons. The van der Waals surface area contributed by atoms with Crippen molar-refractivity contribution in [2.45, 2.75) is 24.3 Å². The third-order valence-electron chi connectivity index (χ3n) is 5.04. The van der Waals surface area contributed by atoms with E-state index in [1.54, 1.807) is 0 Å². The summed E-state index contributed by atoms with van der Waals surface area (Å²) in [5.41, 5.74) is 1.04. The highest BCUT2D eigenvalue weighted by Gasteiger charge is 2.27. The molecule has 29 heavy (non-hydrogen) atoms. The van der Waals surface area contributed by atoms with Gasteiger partial charge in [-0.3, -0.25) is 9.69 Å².